The second kappa shape index (κ2) is 8.34. The van der Waals surface area contributed by atoms with Crippen LogP contribution in [0, 0.1) is 17.8 Å². The number of carbonyl (C=O) groups is 2. The van der Waals surface area contributed by atoms with Crippen LogP contribution in [-0.2, 0) is 34.2 Å². The fraction of sp³-hybridized carbons (Fsp3) is 0.538. The van der Waals surface area contributed by atoms with Gasteiger partial charge in [0.1, 0.15) is 6.54 Å². The molecule has 1 aliphatic carbocycles. The highest BCUT2D eigenvalue weighted by atomic mass is 32.2. The number of aromatic nitrogens is 1. The number of hydrogen-bond donors (Lipinski definition) is 1. The van der Waals surface area contributed by atoms with Crippen LogP contribution in [-0.4, -0.2) is 47.2 Å². The lowest BCUT2D eigenvalue weighted by atomic mass is 9.58. The van der Waals surface area contributed by atoms with E-state index in [0.29, 0.717) is 36.3 Å². The van der Waals surface area contributed by atoms with Crippen LogP contribution in [0.2, 0.25) is 0 Å². The molecule has 0 amide bonds. The maximum absolute atomic E-state index is 13.8. The maximum atomic E-state index is 13.8. The summed E-state index contributed by atoms with van der Waals surface area (Å²) in [7, 11) is -3.64. The fourth-order valence-electron chi connectivity index (χ4n) is 5.29. The first-order valence-corrected chi connectivity index (χ1v) is 13.3. The van der Waals surface area contributed by atoms with Gasteiger partial charge in [0.05, 0.1) is 4.90 Å². The van der Waals surface area contributed by atoms with Gasteiger partial charge in [-0.1, -0.05) is 45.9 Å². The van der Waals surface area contributed by atoms with Crippen molar-refractivity contribution in [3.63, 3.8) is 0 Å². The first kappa shape index (κ1) is 24.7. The van der Waals surface area contributed by atoms with Gasteiger partial charge in [-0.25, -0.2) is 8.42 Å². The lowest BCUT2D eigenvalue weighted by molar-refractivity contribution is -0.137. The van der Waals surface area contributed by atoms with Crippen molar-refractivity contribution < 1.29 is 23.1 Å². The average Bonchev–Trinajstić information content (AvgIpc) is 3.37. The van der Waals surface area contributed by atoms with Crippen LogP contribution in [0.4, 0.5) is 0 Å². The van der Waals surface area contributed by atoms with E-state index in [1.54, 1.807) is 22.8 Å². The van der Waals surface area contributed by atoms with Gasteiger partial charge in [-0.2, -0.15) is 4.31 Å². The number of aliphatic carboxylic acids is 1. The van der Waals surface area contributed by atoms with Gasteiger partial charge in [0.25, 0.3) is 0 Å². The normalized spacial score (nSPS) is 19.9. The van der Waals surface area contributed by atoms with Gasteiger partial charge in [-0.05, 0) is 48.8 Å². The van der Waals surface area contributed by atoms with Crippen molar-refractivity contribution in [2.75, 3.05) is 13.1 Å². The summed E-state index contributed by atoms with van der Waals surface area (Å²) < 4.78 is 30.1. The molecule has 1 aliphatic heterocycles. The fourth-order valence-corrected chi connectivity index (χ4v) is 7.03. The summed E-state index contributed by atoms with van der Waals surface area (Å²) in [4.78, 5) is 25.8. The molecule has 0 saturated carbocycles. The van der Waals surface area contributed by atoms with Gasteiger partial charge in [0, 0.05) is 41.9 Å². The highest BCUT2D eigenvalue weighted by Crippen LogP contribution is 2.50. The average molecular weight is 487 g/mol. The third-order valence-corrected chi connectivity index (χ3v) is 10.2. The molecule has 4 rings (SSSR count). The first-order valence-electron chi connectivity index (χ1n) is 11.8. The summed E-state index contributed by atoms with van der Waals surface area (Å²) in [6, 6.07) is 6.96. The zero-order chi connectivity index (χ0) is 25.1. The predicted octanol–water partition coefficient (Wildman–Crippen LogP) is 4.05. The number of nitrogens with zero attached hydrogens (tertiary/aromatic N) is 2. The van der Waals surface area contributed by atoms with E-state index in [4.69, 9.17) is 0 Å². The van der Waals surface area contributed by atoms with Crippen molar-refractivity contribution in [2.24, 2.45) is 10.8 Å². The van der Waals surface area contributed by atoms with E-state index in [9.17, 15) is 23.1 Å². The second-order valence-electron chi connectivity index (χ2n) is 10.8. The molecule has 2 heterocycles. The molecule has 2 aromatic rings. The molecule has 1 aromatic heterocycles. The minimum Gasteiger partial charge on any atom is -0.480 e. The highest BCUT2D eigenvalue weighted by molar-refractivity contribution is 7.89. The van der Waals surface area contributed by atoms with Crippen molar-refractivity contribution in [1.29, 1.82) is 0 Å². The number of ketones is 1. The van der Waals surface area contributed by atoms with Crippen molar-refractivity contribution in [3.05, 3.63) is 52.3 Å². The lowest BCUT2D eigenvalue weighted by Crippen LogP contribution is -2.46. The van der Waals surface area contributed by atoms with Crippen LogP contribution >= 0.6 is 0 Å². The largest absolute Gasteiger partial charge is 0.480 e. The molecule has 0 radical (unpaired) electrons. The summed E-state index contributed by atoms with van der Waals surface area (Å²) in [5.41, 5.74) is 2.38. The SMILES string of the molecule is Cc1c(Cc2ccccc2S(=O)(=O)N2CCCC2)c2c(n1CC(=O)O)CC(C)(C)C(C)(C)C2=O. The Hall–Kier alpha value is -2.45. The van der Waals surface area contributed by atoms with Crippen molar-refractivity contribution in [1.82, 2.24) is 8.87 Å². The van der Waals surface area contributed by atoms with E-state index in [0.717, 1.165) is 24.1 Å². The number of benzene rings is 1. The van der Waals surface area contributed by atoms with Crippen LogP contribution in [0.25, 0.3) is 0 Å². The molecule has 7 nitrogen and oxygen atoms in total. The Bertz CT molecular complexity index is 1260. The molecule has 0 spiro atoms. The number of rotatable bonds is 6. The van der Waals surface area contributed by atoms with Gasteiger partial charge in [0.15, 0.2) is 5.78 Å². The molecule has 184 valence electrons. The number of sulfonamides is 1. The Morgan fingerprint density at radius 3 is 2.32 bits per heavy atom. The van der Waals surface area contributed by atoms with Gasteiger partial charge >= 0.3 is 5.97 Å². The van der Waals surface area contributed by atoms with E-state index < -0.39 is 21.4 Å². The van der Waals surface area contributed by atoms with Gasteiger partial charge < -0.3 is 9.67 Å². The van der Waals surface area contributed by atoms with Crippen molar-refractivity contribution >= 4 is 21.8 Å². The quantitative estimate of drug-likeness (QED) is 0.665. The minimum absolute atomic E-state index is 0.0131. The summed E-state index contributed by atoms with van der Waals surface area (Å²) >= 11 is 0. The Balaban J connectivity index is 1.88. The van der Waals surface area contributed by atoms with Crippen molar-refractivity contribution in [3.8, 4) is 0 Å². The maximum Gasteiger partial charge on any atom is 0.323 e. The second-order valence-corrected chi connectivity index (χ2v) is 12.7. The number of carbonyl (C=O) groups excluding carboxylic acids is 1. The minimum atomic E-state index is -3.64. The third-order valence-electron chi connectivity index (χ3n) is 8.17. The highest BCUT2D eigenvalue weighted by Gasteiger charge is 2.50. The predicted molar refractivity (Wildman–Crippen MR) is 130 cm³/mol. The van der Waals surface area contributed by atoms with Crippen LogP contribution in [0.15, 0.2) is 29.2 Å². The molecule has 0 atom stereocenters. The van der Waals surface area contributed by atoms with Crippen LogP contribution in [0.1, 0.15) is 73.4 Å². The van der Waals surface area contributed by atoms with Gasteiger partial charge in [0.2, 0.25) is 10.0 Å². The number of Topliss-reactive ketones (excluding diaryl/α,β-unsaturated/α-hetero) is 1. The van der Waals surface area contributed by atoms with E-state index in [2.05, 4.69) is 0 Å². The topological polar surface area (TPSA) is 96.7 Å². The molecule has 0 unspecified atom stereocenters. The van der Waals surface area contributed by atoms with Gasteiger partial charge in [-0.15, -0.1) is 0 Å². The first-order chi connectivity index (χ1) is 15.8. The Morgan fingerprint density at radius 2 is 1.71 bits per heavy atom. The Morgan fingerprint density at radius 1 is 1.09 bits per heavy atom. The Labute approximate surface area is 201 Å². The molecule has 2 aliphatic rings. The molecular formula is C26H34N2O5S. The molecule has 1 aromatic carbocycles. The summed E-state index contributed by atoms with van der Waals surface area (Å²) in [5.74, 6) is -0.986. The monoisotopic (exact) mass is 486 g/mol. The van der Waals surface area contributed by atoms with E-state index >= 15 is 0 Å². The van der Waals surface area contributed by atoms with E-state index in [-0.39, 0.29) is 29.1 Å². The third kappa shape index (κ3) is 3.81. The Kier molecular flexibility index (Phi) is 6.05. The zero-order valence-electron chi connectivity index (χ0n) is 20.6. The van der Waals surface area contributed by atoms with E-state index in [1.807, 2.05) is 40.7 Å². The summed E-state index contributed by atoms with van der Waals surface area (Å²) in [5, 5.41) is 9.57. The molecule has 1 saturated heterocycles. The molecule has 0 bridgehead atoms. The van der Waals surface area contributed by atoms with Crippen LogP contribution < -0.4 is 0 Å². The molecule has 34 heavy (non-hydrogen) atoms. The van der Waals surface area contributed by atoms with Crippen LogP contribution in [0.3, 0.4) is 0 Å². The van der Waals surface area contributed by atoms with Crippen molar-refractivity contribution in [2.45, 2.75) is 71.7 Å². The van der Waals surface area contributed by atoms with Crippen LogP contribution in [0.5, 0.6) is 0 Å². The van der Waals surface area contributed by atoms with E-state index in [1.165, 1.54) is 4.31 Å². The number of hydrogen-bond acceptors (Lipinski definition) is 4. The standard InChI is InChI=1S/C26H34N2O5S/c1-17-19(14-18-10-6-7-11-21(18)34(32,33)27-12-8-9-13-27)23-20(28(17)16-22(29)30)15-25(2,3)26(4,5)24(23)31/h6-7,10-11H,8-9,12-16H2,1-5H3,(H,29,30). The molecule has 8 heteroatoms. The number of fused-ring (bicyclic) bond motifs is 1. The number of carboxylic acid groups (broad SMARTS) is 1. The summed E-state index contributed by atoms with van der Waals surface area (Å²) in [6.07, 6.45) is 2.53. The molecule has 1 N–H and O–H groups in total. The van der Waals surface area contributed by atoms with Gasteiger partial charge in [-0.3, -0.25) is 9.59 Å². The summed E-state index contributed by atoms with van der Waals surface area (Å²) in [6.45, 7) is 10.6. The smallest absolute Gasteiger partial charge is 0.323 e. The zero-order valence-corrected chi connectivity index (χ0v) is 21.5. The lowest BCUT2D eigenvalue weighted by Gasteiger charge is -2.44. The molecule has 1 fully saturated rings. The number of carboxylic acids is 1. The molecular weight excluding hydrogens is 452 g/mol.